The van der Waals surface area contributed by atoms with Crippen LogP contribution in [0.15, 0.2) is 107 Å². The standard InChI is InChI=1S/C37H51O2PSi4/c1-37(2,3)36-34(30-26-20-15-21-27-30)44(42(7,8)9,43(10,11)12)40(36)33(31(38)28-22-16-13-17-23-28)35(41(4,5)6)32(39)29-24-18-14-19-25-29/h13-27H,1-12H3/b35-33-. The van der Waals surface area contributed by atoms with Gasteiger partial charge in [0, 0.05) is 31.6 Å². The van der Waals surface area contributed by atoms with E-state index < -0.39 is 37.5 Å². The highest BCUT2D eigenvalue weighted by atomic mass is 31.5. The lowest BCUT2D eigenvalue weighted by molar-refractivity contribution is 0.101. The van der Waals surface area contributed by atoms with Gasteiger partial charge in [0.2, 0.25) is 0 Å². The number of allylic oxidation sites excluding steroid dienone is 3. The average Bonchev–Trinajstić information content (AvgIpc) is 2.90. The van der Waals surface area contributed by atoms with Gasteiger partial charge in [0.25, 0.3) is 0 Å². The summed E-state index contributed by atoms with van der Waals surface area (Å²) in [5.41, 5.74) is 2.60. The average molecular weight is 671 g/mol. The van der Waals surface area contributed by atoms with Crippen molar-refractivity contribution in [3.8, 4) is 0 Å². The van der Waals surface area contributed by atoms with Crippen LogP contribution in [0.1, 0.15) is 47.1 Å². The van der Waals surface area contributed by atoms with Crippen LogP contribution in [0.5, 0.6) is 0 Å². The third kappa shape index (κ3) is 6.01. The number of benzene rings is 3. The summed E-state index contributed by atoms with van der Waals surface area (Å²) in [6.45, 7) is 26.9. The highest BCUT2D eigenvalue weighted by Gasteiger charge is 2.71. The van der Waals surface area contributed by atoms with Crippen molar-refractivity contribution < 1.29 is 9.59 Å². The van der Waals surface area contributed by atoms with Crippen LogP contribution < -0.4 is 0 Å². The number of rotatable bonds is 9. The number of carbonyl (C=O) groups excluding carboxylic acids is 2. The van der Waals surface area contributed by atoms with Crippen LogP contribution in [0.2, 0.25) is 58.9 Å². The molecule has 1 unspecified atom stereocenters. The van der Waals surface area contributed by atoms with Crippen LogP contribution in [0.25, 0.3) is 5.20 Å². The fourth-order valence-corrected chi connectivity index (χ4v) is 79.4. The SMILES string of the molecule is CC(C)(C)C1=C(c2ccccc2)[Si]([Si](C)(C)C)([Si](C)(C)C)P1/C(C(=O)c1ccccc1)=C(/C(=O)c1ccccc1)[Si](C)(C)C. The maximum atomic E-state index is 15.3. The van der Waals surface area contributed by atoms with E-state index in [9.17, 15) is 4.79 Å². The number of hydrogen-bond donors (Lipinski definition) is 0. The van der Waals surface area contributed by atoms with Crippen molar-refractivity contribution in [2.45, 2.75) is 79.7 Å². The van der Waals surface area contributed by atoms with Crippen LogP contribution >= 0.6 is 7.47 Å². The Kier molecular flexibility index (Phi) is 9.59. The minimum Gasteiger partial charge on any atom is -0.289 e. The van der Waals surface area contributed by atoms with Gasteiger partial charge in [-0.2, -0.15) is 0 Å². The highest BCUT2D eigenvalue weighted by Crippen LogP contribution is 2.81. The maximum absolute atomic E-state index is 15.3. The van der Waals surface area contributed by atoms with Crippen LogP contribution in [0.3, 0.4) is 0 Å². The highest BCUT2D eigenvalue weighted by molar-refractivity contribution is 8.27. The zero-order valence-corrected chi connectivity index (χ0v) is 33.8. The zero-order chi connectivity index (χ0) is 32.9. The van der Waals surface area contributed by atoms with Crippen molar-refractivity contribution in [2.75, 3.05) is 0 Å². The molecule has 7 heteroatoms. The second kappa shape index (κ2) is 12.2. The van der Waals surface area contributed by atoms with Gasteiger partial charge in [-0.05, 0) is 26.7 Å². The van der Waals surface area contributed by atoms with Crippen LogP contribution in [-0.2, 0) is 0 Å². The molecule has 0 saturated carbocycles. The Morgan fingerprint density at radius 2 is 0.977 bits per heavy atom. The summed E-state index contributed by atoms with van der Waals surface area (Å²) in [6.07, 6.45) is 0. The van der Waals surface area contributed by atoms with Crippen LogP contribution in [-0.4, -0.2) is 41.6 Å². The molecular weight excluding hydrogens is 620 g/mol. The van der Waals surface area contributed by atoms with E-state index in [0.29, 0.717) is 11.1 Å². The van der Waals surface area contributed by atoms with Gasteiger partial charge in [-0.25, -0.2) is 0 Å². The molecule has 3 aromatic rings. The summed E-state index contributed by atoms with van der Waals surface area (Å²) in [6, 6.07) is 30.6. The molecule has 44 heavy (non-hydrogen) atoms. The third-order valence-electron chi connectivity index (χ3n) is 8.83. The molecular formula is C37H51O2PSi4. The fraction of sp³-hybridized carbons (Fsp3) is 0.351. The van der Waals surface area contributed by atoms with E-state index in [-0.39, 0.29) is 17.0 Å². The molecule has 0 saturated heterocycles. The van der Waals surface area contributed by atoms with Gasteiger partial charge in [-0.3, -0.25) is 9.59 Å². The number of carbonyl (C=O) groups is 2. The fourth-order valence-electron chi connectivity index (χ4n) is 7.59. The van der Waals surface area contributed by atoms with Crippen LogP contribution in [0.4, 0.5) is 0 Å². The molecule has 0 aromatic heterocycles. The summed E-state index contributed by atoms with van der Waals surface area (Å²) in [4.78, 5) is 30.2. The van der Waals surface area contributed by atoms with E-state index in [4.69, 9.17) is 0 Å². The summed E-state index contributed by atoms with van der Waals surface area (Å²) >= 11 is 0. The van der Waals surface area contributed by atoms with Crippen molar-refractivity contribution >= 4 is 54.3 Å². The first-order chi connectivity index (χ1) is 20.3. The molecule has 0 amide bonds. The molecule has 2 nitrogen and oxygen atoms in total. The molecule has 1 heterocycles. The van der Waals surface area contributed by atoms with Gasteiger partial charge in [-0.1, -0.05) is 178 Å². The lowest BCUT2D eigenvalue weighted by Crippen LogP contribution is -2.75. The summed E-state index contributed by atoms with van der Waals surface area (Å²) in [5.74, 6) is 0.141. The largest absolute Gasteiger partial charge is 0.289 e. The van der Waals surface area contributed by atoms with Gasteiger partial charge in [-0.15, -0.1) is 0 Å². The second-order valence-corrected chi connectivity index (χ2v) is 54.6. The van der Waals surface area contributed by atoms with Crippen molar-refractivity contribution in [1.29, 1.82) is 0 Å². The van der Waals surface area contributed by atoms with Crippen molar-refractivity contribution in [1.82, 2.24) is 0 Å². The Balaban J connectivity index is 2.31. The monoisotopic (exact) mass is 670 g/mol. The topological polar surface area (TPSA) is 34.1 Å². The molecule has 0 fully saturated rings. The van der Waals surface area contributed by atoms with Gasteiger partial charge in [0.05, 0.1) is 8.07 Å². The first kappa shape index (κ1) is 34.6. The molecule has 1 aliphatic rings. The molecule has 232 valence electrons. The zero-order valence-electron chi connectivity index (χ0n) is 28.9. The second-order valence-electron chi connectivity index (χ2n) is 16.2. The van der Waals surface area contributed by atoms with Crippen molar-refractivity contribution in [3.05, 3.63) is 124 Å². The van der Waals surface area contributed by atoms with E-state index in [2.05, 4.69) is 110 Å². The van der Waals surface area contributed by atoms with Gasteiger partial charge < -0.3 is 0 Å². The minimum absolute atomic E-state index is 0.0574. The van der Waals surface area contributed by atoms with Gasteiger partial charge in [0.15, 0.2) is 11.6 Å². The molecule has 0 bridgehead atoms. The minimum atomic E-state index is -2.35. The van der Waals surface area contributed by atoms with Crippen LogP contribution in [0, 0.1) is 5.41 Å². The molecule has 0 N–H and O–H groups in total. The molecule has 0 spiro atoms. The lowest BCUT2D eigenvalue weighted by atomic mass is 9.94. The predicted octanol–water partition coefficient (Wildman–Crippen LogP) is 11.2. The normalized spacial score (nSPS) is 18.0. The van der Waals surface area contributed by atoms with Crippen molar-refractivity contribution in [3.63, 3.8) is 0 Å². The number of hydrogen-bond acceptors (Lipinski definition) is 2. The maximum Gasteiger partial charge on any atom is 0.193 e. The molecule has 3 aromatic carbocycles. The molecule has 1 atom stereocenters. The first-order valence-electron chi connectivity index (χ1n) is 15.8. The lowest BCUT2D eigenvalue weighted by Gasteiger charge is -2.66. The summed E-state index contributed by atoms with van der Waals surface area (Å²) in [7, 11) is -7.21. The van der Waals surface area contributed by atoms with Crippen molar-refractivity contribution in [2.24, 2.45) is 5.41 Å². The quantitative estimate of drug-likeness (QED) is 0.0982. The van der Waals surface area contributed by atoms with E-state index in [1.54, 1.807) is 5.20 Å². The molecule has 4 rings (SSSR count). The van der Waals surface area contributed by atoms with E-state index in [1.165, 1.54) is 10.9 Å². The third-order valence-corrected chi connectivity index (χ3v) is 67.9. The summed E-state index contributed by atoms with van der Waals surface area (Å²) in [5, 5.41) is 4.84. The molecule has 0 aliphatic carbocycles. The Hall–Kier alpha value is -2.22. The number of Topliss-reactive ketones (excluding diaryl/α,β-unsaturated/α-hetero) is 2. The van der Waals surface area contributed by atoms with Gasteiger partial charge in [0.1, 0.15) is 6.78 Å². The smallest absolute Gasteiger partial charge is 0.193 e. The van der Waals surface area contributed by atoms with Gasteiger partial charge >= 0.3 is 0 Å². The number of ketones is 2. The molecule has 0 radical (unpaired) electrons. The first-order valence-corrected chi connectivity index (χ1v) is 32.5. The van der Waals surface area contributed by atoms with E-state index >= 15 is 4.79 Å². The summed E-state index contributed by atoms with van der Waals surface area (Å²) < 4.78 is 0. The Morgan fingerprint density at radius 3 is 1.34 bits per heavy atom. The Labute approximate surface area is 271 Å². The Morgan fingerprint density at radius 1 is 0.591 bits per heavy atom. The molecule has 1 aliphatic heterocycles. The predicted molar refractivity (Wildman–Crippen MR) is 204 cm³/mol. The van der Waals surface area contributed by atoms with E-state index in [0.717, 1.165) is 10.5 Å². The van der Waals surface area contributed by atoms with E-state index in [1.807, 2.05) is 60.7 Å². The Bertz CT molecular complexity index is 1590.